The first-order valence-electron chi connectivity index (χ1n) is 6.09. The molecule has 0 fully saturated rings. The summed E-state index contributed by atoms with van der Waals surface area (Å²) < 4.78 is 27.4. The third kappa shape index (κ3) is 4.55. The molecule has 0 aliphatic carbocycles. The number of nitriles is 1. The molecule has 2 rings (SSSR count). The van der Waals surface area contributed by atoms with Crippen molar-refractivity contribution >= 4 is 31.6 Å². The van der Waals surface area contributed by atoms with Gasteiger partial charge in [-0.2, -0.15) is 5.26 Å². The molecule has 0 saturated carbocycles. The number of halogens is 1. The fourth-order valence-corrected chi connectivity index (χ4v) is 3.19. The topological polar surface area (TPSA) is 82.9 Å². The van der Waals surface area contributed by atoms with E-state index < -0.39 is 10.0 Å². The zero-order chi connectivity index (χ0) is 15.3. The maximum atomic E-state index is 12.1. The van der Waals surface area contributed by atoms with Gasteiger partial charge in [-0.1, -0.05) is 15.9 Å². The van der Waals surface area contributed by atoms with E-state index in [1.54, 1.807) is 42.7 Å². The Morgan fingerprint density at radius 1 is 1.24 bits per heavy atom. The molecule has 0 spiro atoms. The Bertz CT molecular complexity index is 771. The quantitative estimate of drug-likeness (QED) is 0.882. The summed E-state index contributed by atoms with van der Waals surface area (Å²) in [7, 11) is -3.52. The number of sulfonamides is 1. The van der Waals surface area contributed by atoms with Crippen LogP contribution in [0.15, 0.2) is 47.2 Å². The number of pyridine rings is 1. The molecule has 0 saturated heterocycles. The number of aromatic nitrogens is 1. The lowest BCUT2D eigenvalue weighted by molar-refractivity contribution is 0.600. The van der Waals surface area contributed by atoms with Crippen molar-refractivity contribution in [2.45, 2.75) is 6.42 Å². The molecule has 1 N–H and O–H groups in total. The van der Waals surface area contributed by atoms with E-state index in [4.69, 9.17) is 5.26 Å². The maximum absolute atomic E-state index is 12.1. The van der Waals surface area contributed by atoms with Gasteiger partial charge in [-0.05, 0) is 42.3 Å². The molecule has 21 heavy (non-hydrogen) atoms. The predicted octanol–water partition coefficient (Wildman–Crippen LogP) is 2.70. The van der Waals surface area contributed by atoms with Crippen molar-refractivity contribution in [1.82, 2.24) is 4.98 Å². The molecule has 0 radical (unpaired) electrons. The van der Waals surface area contributed by atoms with Gasteiger partial charge in [0.1, 0.15) is 6.07 Å². The zero-order valence-corrected chi connectivity index (χ0v) is 13.4. The van der Waals surface area contributed by atoms with Crippen LogP contribution in [0.1, 0.15) is 11.1 Å². The summed E-state index contributed by atoms with van der Waals surface area (Å²) in [6, 6.07) is 10.3. The van der Waals surface area contributed by atoms with Gasteiger partial charge in [-0.25, -0.2) is 8.42 Å². The molecule has 0 aliphatic heterocycles. The van der Waals surface area contributed by atoms with Crippen molar-refractivity contribution < 1.29 is 8.42 Å². The second kappa shape index (κ2) is 6.70. The summed E-state index contributed by atoms with van der Waals surface area (Å²) in [6.45, 7) is 0. The molecule has 108 valence electrons. The minimum absolute atomic E-state index is 0.0611. The van der Waals surface area contributed by atoms with Gasteiger partial charge in [-0.3, -0.25) is 9.71 Å². The van der Waals surface area contributed by atoms with Gasteiger partial charge in [0.05, 0.1) is 17.0 Å². The zero-order valence-electron chi connectivity index (χ0n) is 11.0. The first-order valence-corrected chi connectivity index (χ1v) is 8.54. The van der Waals surface area contributed by atoms with Crippen LogP contribution in [-0.2, 0) is 16.4 Å². The molecule has 5 nitrogen and oxygen atoms in total. The third-order valence-corrected chi connectivity index (χ3v) is 4.54. The molecule has 0 amide bonds. The van der Waals surface area contributed by atoms with Gasteiger partial charge < -0.3 is 0 Å². The predicted molar refractivity (Wildman–Crippen MR) is 84.2 cm³/mol. The molecule has 0 atom stereocenters. The molecular formula is C14H12BrN3O2S. The standard InChI is InChI=1S/C14H12BrN3O2S/c15-13-2-1-12(10-16)14(9-13)18-21(19,20)8-5-11-3-6-17-7-4-11/h1-4,6-7,9,18H,5,8H2. The number of benzene rings is 1. The Labute approximate surface area is 131 Å². The Balaban J connectivity index is 2.11. The van der Waals surface area contributed by atoms with Crippen LogP contribution in [-0.4, -0.2) is 19.2 Å². The van der Waals surface area contributed by atoms with E-state index in [0.29, 0.717) is 10.9 Å². The number of aryl methyl sites for hydroxylation is 1. The van der Waals surface area contributed by atoms with Gasteiger partial charge in [-0.15, -0.1) is 0 Å². The van der Waals surface area contributed by atoms with Crippen LogP contribution >= 0.6 is 15.9 Å². The molecule has 0 bridgehead atoms. The van der Waals surface area contributed by atoms with Crippen molar-refractivity contribution in [2.24, 2.45) is 0 Å². The van der Waals surface area contributed by atoms with Gasteiger partial charge in [0, 0.05) is 16.9 Å². The molecule has 1 aromatic heterocycles. The summed E-state index contributed by atoms with van der Waals surface area (Å²) in [5.74, 6) is -0.0611. The first kappa shape index (κ1) is 15.5. The van der Waals surface area contributed by atoms with Gasteiger partial charge in [0.25, 0.3) is 0 Å². The first-order chi connectivity index (χ1) is 10.00. The normalized spacial score (nSPS) is 10.9. The van der Waals surface area contributed by atoms with Crippen LogP contribution in [0.2, 0.25) is 0 Å². The average molecular weight is 366 g/mol. The average Bonchev–Trinajstić information content (AvgIpc) is 2.46. The molecule has 1 heterocycles. The van der Waals surface area contributed by atoms with Crippen LogP contribution < -0.4 is 4.72 Å². The molecule has 7 heteroatoms. The number of hydrogen-bond donors (Lipinski definition) is 1. The Hall–Kier alpha value is -1.91. The highest BCUT2D eigenvalue weighted by Gasteiger charge is 2.13. The lowest BCUT2D eigenvalue weighted by Gasteiger charge is -2.10. The second-order valence-corrected chi connectivity index (χ2v) is 7.09. The van der Waals surface area contributed by atoms with Gasteiger partial charge >= 0.3 is 0 Å². The molecule has 1 aromatic carbocycles. The van der Waals surface area contributed by atoms with Crippen LogP contribution in [0.3, 0.4) is 0 Å². The third-order valence-electron chi connectivity index (χ3n) is 2.78. The number of nitrogens with zero attached hydrogens (tertiary/aromatic N) is 2. The number of hydrogen-bond acceptors (Lipinski definition) is 4. The van der Waals surface area contributed by atoms with Crippen LogP contribution in [0.4, 0.5) is 5.69 Å². The molecule has 0 unspecified atom stereocenters. The van der Waals surface area contributed by atoms with E-state index in [2.05, 4.69) is 25.6 Å². The molecule has 2 aromatic rings. The molecular weight excluding hydrogens is 354 g/mol. The highest BCUT2D eigenvalue weighted by Crippen LogP contribution is 2.22. The van der Waals surface area contributed by atoms with Crippen molar-refractivity contribution in [3.8, 4) is 6.07 Å². The lowest BCUT2D eigenvalue weighted by atomic mass is 10.2. The van der Waals surface area contributed by atoms with E-state index in [-0.39, 0.29) is 17.0 Å². The SMILES string of the molecule is N#Cc1ccc(Br)cc1NS(=O)(=O)CCc1ccncc1. The largest absolute Gasteiger partial charge is 0.282 e. The Kier molecular flexibility index (Phi) is 4.94. The molecule has 0 aliphatic rings. The van der Waals surface area contributed by atoms with Crippen LogP contribution in [0.25, 0.3) is 0 Å². The fraction of sp³-hybridized carbons (Fsp3) is 0.143. The summed E-state index contributed by atoms with van der Waals surface area (Å²) in [5, 5.41) is 9.01. The summed E-state index contributed by atoms with van der Waals surface area (Å²) in [6.07, 6.45) is 3.63. The highest BCUT2D eigenvalue weighted by molar-refractivity contribution is 9.10. The second-order valence-electron chi connectivity index (χ2n) is 4.33. The monoisotopic (exact) mass is 365 g/mol. The highest BCUT2D eigenvalue weighted by atomic mass is 79.9. The van der Waals surface area contributed by atoms with Gasteiger partial charge in [0.2, 0.25) is 10.0 Å². The Morgan fingerprint density at radius 2 is 1.95 bits per heavy atom. The van der Waals surface area contributed by atoms with Gasteiger partial charge in [0.15, 0.2) is 0 Å². The maximum Gasteiger partial charge on any atom is 0.233 e. The minimum atomic E-state index is -3.52. The van der Waals surface area contributed by atoms with E-state index in [1.165, 1.54) is 0 Å². The van der Waals surface area contributed by atoms with Crippen molar-refractivity contribution in [3.63, 3.8) is 0 Å². The summed E-state index contributed by atoms with van der Waals surface area (Å²) >= 11 is 3.26. The minimum Gasteiger partial charge on any atom is -0.282 e. The van der Waals surface area contributed by atoms with Crippen molar-refractivity contribution in [2.75, 3.05) is 10.5 Å². The summed E-state index contributed by atoms with van der Waals surface area (Å²) in [5.41, 5.74) is 1.46. The number of nitrogens with one attached hydrogen (secondary N) is 1. The van der Waals surface area contributed by atoms with Crippen LogP contribution in [0.5, 0.6) is 0 Å². The van der Waals surface area contributed by atoms with E-state index in [1.807, 2.05) is 6.07 Å². The van der Waals surface area contributed by atoms with E-state index in [0.717, 1.165) is 5.56 Å². The lowest BCUT2D eigenvalue weighted by Crippen LogP contribution is -2.18. The van der Waals surface area contributed by atoms with E-state index >= 15 is 0 Å². The fourth-order valence-electron chi connectivity index (χ4n) is 1.72. The van der Waals surface area contributed by atoms with Crippen molar-refractivity contribution in [3.05, 3.63) is 58.3 Å². The van der Waals surface area contributed by atoms with E-state index in [9.17, 15) is 8.42 Å². The van der Waals surface area contributed by atoms with Crippen LogP contribution in [0, 0.1) is 11.3 Å². The smallest absolute Gasteiger partial charge is 0.233 e. The number of rotatable bonds is 5. The number of anilines is 1. The summed E-state index contributed by atoms with van der Waals surface area (Å²) in [4.78, 5) is 3.88. The van der Waals surface area contributed by atoms with Crippen molar-refractivity contribution in [1.29, 1.82) is 5.26 Å². The Morgan fingerprint density at radius 3 is 2.62 bits per heavy atom.